The molecule has 0 bridgehead atoms. The SMILES string of the molecule is CCCC[C@H](NC(C)=O)C(=O)N[C@@H]1C(=O)N[C@@H](Cc2cnc[nH]2)C(=O)N[C@H](Cc2ccccc2)C(=O)N[C@@H](CCCN=C(N)N)C(=O)N[C@@H](Cc2c[nH]c3ccccc23)C(=O)NCCCC(=O)N[C@H](C(N)=O)C(C)(C)SSC1(C)C. The standard InChI is InChI=1S/C54H77N15O9S2/c1-7-8-19-37(63-31(2)70)48(75)69-44-51(78)67-41(27-34-29-58-30-62-34)50(77)65-39(25-32-16-10-9-11-17-32)49(76)64-38(21-14-24-60-52(56)57)47(74)66-40(26-33-28-61-36-20-13-12-18-35(33)36)46(73)59-23-15-22-42(71)68-43(45(55)72)53(3,4)79-80-54(44,5)6/h9-13,16-18,20,28-30,37-41,43-44,61H,7-8,14-15,19,21-27H2,1-6H3,(H2,55,72)(H,58,62)(H,59,73)(H,63,70)(H,64,76)(H,65,77)(H,66,74)(H,67,78)(H,68,71)(H,69,75)(H4,56,57,60)/t37-,38-,39+,40-,41-,43+,44+/m0/s1. The predicted octanol–water partition coefficient (Wildman–Crippen LogP) is 0.910. The van der Waals surface area contributed by atoms with Gasteiger partial charge in [-0.15, -0.1) is 0 Å². The Balaban J connectivity index is 1.60. The van der Waals surface area contributed by atoms with Gasteiger partial charge in [0.1, 0.15) is 42.3 Å². The van der Waals surface area contributed by atoms with Crippen molar-refractivity contribution < 1.29 is 43.2 Å². The van der Waals surface area contributed by atoms with Crippen LogP contribution >= 0.6 is 21.6 Å². The smallest absolute Gasteiger partial charge is 0.244 e. The number of benzene rings is 2. The third-order valence-corrected chi connectivity index (χ3v) is 17.5. The predicted molar refractivity (Wildman–Crippen MR) is 308 cm³/mol. The Labute approximate surface area is 473 Å². The summed E-state index contributed by atoms with van der Waals surface area (Å²) < 4.78 is -2.46. The second kappa shape index (κ2) is 30.1. The molecule has 0 aliphatic carbocycles. The number of carbonyl (C=O) groups is 9. The van der Waals surface area contributed by atoms with E-state index in [0.717, 1.165) is 32.5 Å². The van der Waals surface area contributed by atoms with Crippen LogP contribution in [0.2, 0.25) is 0 Å². The molecule has 3 heterocycles. The molecule has 1 aliphatic rings. The quantitative estimate of drug-likeness (QED) is 0.0303. The molecule has 1 aliphatic heterocycles. The Hall–Kier alpha value is -7.61. The number of fused-ring (bicyclic) bond motifs is 1. The molecule has 0 radical (unpaired) electrons. The number of hydrogen-bond donors (Lipinski definition) is 13. The van der Waals surface area contributed by atoms with E-state index >= 15 is 4.79 Å². The summed E-state index contributed by atoms with van der Waals surface area (Å²) in [6.07, 6.45) is 5.94. The fourth-order valence-corrected chi connectivity index (χ4v) is 11.7. The van der Waals surface area contributed by atoms with Gasteiger partial charge in [0.05, 0.1) is 6.33 Å². The Kier molecular flexibility index (Phi) is 23.8. The van der Waals surface area contributed by atoms with Crippen molar-refractivity contribution in [3.8, 4) is 0 Å². The van der Waals surface area contributed by atoms with Crippen LogP contribution in [0.1, 0.15) is 103 Å². The third-order valence-electron chi connectivity index (χ3n) is 13.3. The number of primary amides is 1. The van der Waals surface area contributed by atoms with Gasteiger partial charge < -0.3 is 69.7 Å². The van der Waals surface area contributed by atoms with Crippen molar-refractivity contribution in [3.05, 3.63) is 90.1 Å². The summed E-state index contributed by atoms with van der Waals surface area (Å²) in [5.74, 6) is -6.53. The lowest BCUT2D eigenvalue weighted by atomic mass is 9.99. The summed E-state index contributed by atoms with van der Waals surface area (Å²) in [6.45, 7) is 9.95. The normalized spacial score (nSPS) is 22.3. The van der Waals surface area contributed by atoms with Crippen LogP contribution in [0.4, 0.5) is 0 Å². The molecule has 26 heteroatoms. The molecule has 0 unspecified atom stereocenters. The molecular formula is C54H77N15O9S2. The number of aliphatic imine (C=N–C) groups is 1. The zero-order valence-electron chi connectivity index (χ0n) is 46.1. The number of aromatic amines is 2. The minimum atomic E-state index is -1.45. The average Bonchev–Trinajstić information content (AvgIpc) is 4.09. The van der Waals surface area contributed by atoms with Gasteiger partial charge in [-0.1, -0.05) is 89.9 Å². The Morgan fingerprint density at radius 2 is 1.38 bits per heavy atom. The maximum absolute atomic E-state index is 15.1. The molecule has 0 spiro atoms. The number of nitrogens with one attached hydrogen (secondary N) is 10. The summed E-state index contributed by atoms with van der Waals surface area (Å²) in [7, 11) is 2.23. The number of amides is 9. The number of unbranched alkanes of at least 4 members (excludes halogenated alkanes) is 1. The van der Waals surface area contributed by atoms with Crippen molar-refractivity contribution in [2.75, 3.05) is 13.1 Å². The molecule has 2 aromatic heterocycles. The second-order valence-electron chi connectivity index (χ2n) is 20.7. The van der Waals surface area contributed by atoms with E-state index in [0.29, 0.717) is 29.7 Å². The molecule has 80 heavy (non-hydrogen) atoms. The Morgan fingerprint density at radius 3 is 2.02 bits per heavy atom. The van der Waals surface area contributed by atoms with Crippen LogP contribution < -0.4 is 59.7 Å². The minimum absolute atomic E-state index is 0.00794. The van der Waals surface area contributed by atoms with Crippen molar-refractivity contribution in [3.63, 3.8) is 0 Å². The number of para-hydroxylation sites is 1. The van der Waals surface area contributed by atoms with Crippen molar-refractivity contribution in [1.29, 1.82) is 0 Å². The number of aromatic nitrogens is 3. The van der Waals surface area contributed by atoms with Crippen LogP contribution in [0.3, 0.4) is 0 Å². The molecule has 1 fully saturated rings. The van der Waals surface area contributed by atoms with E-state index in [4.69, 9.17) is 17.2 Å². The summed E-state index contributed by atoms with van der Waals surface area (Å²) in [6, 6.07) is 7.10. The second-order valence-corrected chi connectivity index (χ2v) is 24.2. The number of rotatable bonds is 17. The molecule has 24 nitrogen and oxygen atoms in total. The number of carbonyl (C=O) groups excluding carboxylic acids is 9. The van der Waals surface area contributed by atoms with Gasteiger partial charge in [-0.2, -0.15) is 0 Å². The van der Waals surface area contributed by atoms with Gasteiger partial charge in [0.25, 0.3) is 0 Å². The fraction of sp³-hybridized carbons (Fsp3) is 0.500. The van der Waals surface area contributed by atoms with Crippen LogP contribution in [-0.4, -0.2) is 139 Å². The largest absolute Gasteiger partial charge is 0.370 e. The van der Waals surface area contributed by atoms with Gasteiger partial charge in [0.15, 0.2) is 5.96 Å². The van der Waals surface area contributed by atoms with Crippen LogP contribution in [0.15, 0.2) is 78.3 Å². The average molecular weight is 1140 g/mol. The molecule has 7 atom stereocenters. The lowest BCUT2D eigenvalue weighted by molar-refractivity contribution is -0.135. The first-order chi connectivity index (χ1) is 38.0. The zero-order chi connectivity index (χ0) is 58.6. The van der Waals surface area contributed by atoms with Crippen molar-refractivity contribution in [1.82, 2.24) is 57.5 Å². The zero-order valence-corrected chi connectivity index (χ0v) is 47.7. The van der Waals surface area contributed by atoms with E-state index in [1.54, 1.807) is 64.2 Å². The van der Waals surface area contributed by atoms with Gasteiger partial charge in [-0.25, -0.2) is 4.98 Å². The fourth-order valence-electron chi connectivity index (χ4n) is 8.89. The van der Waals surface area contributed by atoms with Crippen LogP contribution in [-0.2, 0) is 62.4 Å². The first-order valence-corrected chi connectivity index (χ1v) is 28.8. The van der Waals surface area contributed by atoms with Crippen LogP contribution in [0.25, 0.3) is 10.9 Å². The highest BCUT2D eigenvalue weighted by Crippen LogP contribution is 2.46. The first kappa shape index (κ1) is 63.2. The monoisotopic (exact) mass is 1140 g/mol. The van der Waals surface area contributed by atoms with Crippen LogP contribution in [0, 0.1) is 0 Å². The van der Waals surface area contributed by atoms with Crippen molar-refractivity contribution in [2.45, 2.75) is 158 Å². The summed E-state index contributed by atoms with van der Waals surface area (Å²) in [4.78, 5) is 141. The van der Waals surface area contributed by atoms with Crippen molar-refractivity contribution >= 4 is 91.6 Å². The van der Waals surface area contributed by atoms with Gasteiger partial charge >= 0.3 is 0 Å². The van der Waals surface area contributed by atoms with Gasteiger partial charge in [-0.3, -0.25) is 48.1 Å². The number of imidazole rings is 1. The van der Waals surface area contributed by atoms with E-state index in [-0.39, 0.29) is 70.4 Å². The number of H-pyrrole nitrogens is 2. The van der Waals surface area contributed by atoms with Crippen LogP contribution in [0.5, 0.6) is 0 Å². The highest BCUT2D eigenvalue weighted by molar-refractivity contribution is 8.77. The number of nitrogens with two attached hydrogens (primary N) is 3. The van der Waals surface area contributed by atoms with E-state index in [1.165, 1.54) is 19.4 Å². The molecule has 9 amide bonds. The summed E-state index contributed by atoms with van der Waals surface area (Å²) >= 11 is 0. The molecule has 16 N–H and O–H groups in total. The Morgan fingerprint density at radius 1 is 0.750 bits per heavy atom. The molecule has 4 aromatic rings. The van der Waals surface area contributed by atoms with Gasteiger partial charge in [0, 0.05) is 84.2 Å². The van der Waals surface area contributed by atoms with Gasteiger partial charge in [0.2, 0.25) is 53.2 Å². The van der Waals surface area contributed by atoms with Gasteiger partial charge in [-0.05, 0) is 70.6 Å². The molecule has 5 rings (SSSR count). The molecule has 0 saturated carbocycles. The van der Waals surface area contributed by atoms with E-state index in [1.807, 2.05) is 31.2 Å². The number of hydrogen-bond acceptors (Lipinski definition) is 13. The molecular weight excluding hydrogens is 1070 g/mol. The molecule has 2 aromatic carbocycles. The first-order valence-electron chi connectivity index (χ1n) is 26.6. The topological polar surface area (TPSA) is 385 Å². The van der Waals surface area contributed by atoms with E-state index in [2.05, 4.69) is 62.5 Å². The number of nitrogens with zero attached hydrogens (tertiary/aromatic N) is 2. The third kappa shape index (κ3) is 19.3. The van der Waals surface area contributed by atoms with E-state index < -0.39 is 105 Å². The summed E-state index contributed by atoms with van der Waals surface area (Å²) in [5, 5.41) is 23.2. The molecule has 434 valence electrons. The van der Waals surface area contributed by atoms with Crippen molar-refractivity contribution in [2.24, 2.45) is 22.2 Å². The minimum Gasteiger partial charge on any atom is -0.370 e. The number of guanidine groups is 1. The maximum atomic E-state index is 15.1. The highest BCUT2D eigenvalue weighted by atomic mass is 33.1. The highest BCUT2D eigenvalue weighted by Gasteiger charge is 2.44. The maximum Gasteiger partial charge on any atom is 0.244 e. The Bertz CT molecular complexity index is 2810. The summed E-state index contributed by atoms with van der Waals surface area (Å²) in [5.41, 5.74) is 19.7. The lowest BCUT2D eigenvalue weighted by Crippen LogP contribution is -2.63. The molecule has 1 saturated heterocycles. The lowest BCUT2D eigenvalue weighted by Gasteiger charge is -2.38. The van der Waals surface area contributed by atoms with E-state index in [9.17, 15) is 38.4 Å².